The van der Waals surface area contributed by atoms with Gasteiger partial charge in [-0.25, -0.2) is 0 Å². The highest BCUT2D eigenvalue weighted by Gasteiger charge is 2.71. The summed E-state index contributed by atoms with van der Waals surface area (Å²) in [5, 5.41) is 41.1. The van der Waals surface area contributed by atoms with Crippen molar-refractivity contribution in [2.24, 2.45) is 21.7 Å². The van der Waals surface area contributed by atoms with E-state index in [9.17, 15) is 9.59 Å². The molecule has 0 atom stereocenters. The first-order valence-corrected chi connectivity index (χ1v) is 55.7. The zero-order valence-corrected chi connectivity index (χ0v) is 87.9. The Morgan fingerprint density at radius 3 is 0.800 bits per heavy atom. The van der Waals surface area contributed by atoms with Crippen molar-refractivity contribution in [2.75, 3.05) is 6.61 Å². The van der Waals surface area contributed by atoms with Gasteiger partial charge in [-0.2, -0.15) is 0 Å². The molecule has 23 rings (SSSR count). The molecule has 754 valence electrons. The Labute approximate surface area is 884 Å². The van der Waals surface area contributed by atoms with Crippen LogP contribution in [0.5, 0.6) is 5.75 Å². The summed E-state index contributed by atoms with van der Waals surface area (Å²) in [5.74, 6) is 7.26. The number of allylic oxidation sites excluding steroid dienone is 2. The van der Waals surface area contributed by atoms with Crippen LogP contribution in [0.1, 0.15) is 256 Å². The number of unbranched alkanes of at least 4 members (excludes halogenated alkanes) is 7. The van der Waals surface area contributed by atoms with Gasteiger partial charge in [0.1, 0.15) is 5.75 Å². The standard InChI is InChI=1S/C135H136N12O3/c1-9-74-130-78-33-80-131(75-10-2,81-34-79-130)134(130)116-88-103(95-50-54-98(55-51-95)123-137-136-122(144(123)107-37-23-19-24-38-107)97-48-46-94(47-49-97)87-121(149)93(7)8)64-70-112(116)114-72-66-105(90-118(114)134)128-142-140-125(146(128)109-41-27-21-28-42-109)100-58-60-101(61-59-100)126-141-143-129(147(126)110-43-29-22-30-44-110)106-67-73-115-113-71-65-104(89-117(113)135(119(115)91-106)132(76-11-3)82-35-84-133(135,77-12-4)85-36-83-132)96-52-56-99(57-53-96)124-138-139-127(145(124)108-39-25-20-26-40-108)102-62-68-111(69-63-102)150-86-32-18-16-14-13-15-17-31-45-120(148)92(5)6/h19-30,37-44,46-73,88-91H,5,7,9-18,31-36,45,74-87H2,1-4,6,8H3. The smallest absolute Gasteiger partial charge is 0.168 e. The van der Waals surface area contributed by atoms with E-state index in [1.54, 1.807) is 6.92 Å². The van der Waals surface area contributed by atoms with E-state index in [1.807, 2.05) is 37.3 Å². The van der Waals surface area contributed by atoms with E-state index < -0.39 is 0 Å². The number of Topliss-reactive ketones (excluding diaryl/α,β-unsaturated/α-hetero) is 2. The molecule has 4 fully saturated rings. The molecule has 4 aromatic heterocycles. The molecular weight excluding hydrogens is 1840 g/mol. The van der Waals surface area contributed by atoms with Crippen LogP contribution in [0.4, 0.5) is 0 Å². The zero-order chi connectivity index (χ0) is 102. The fourth-order valence-corrected chi connectivity index (χ4v) is 29.4. The molecule has 0 amide bonds. The van der Waals surface area contributed by atoms with Gasteiger partial charge in [-0.3, -0.25) is 27.9 Å². The second-order valence-electron chi connectivity index (χ2n) is 44.1. The van der Waals surface area contributed by atoms with Gasteiger partial charge in [0.2, 0.25) is 0 Å². The number of ether oxygens (including phenoxy) is 1. The quantitative estimate of drug-likeness (QED) is 0.0267. The Balaban J connectivity index is 0.559. The first-order valence-electron chi connectivity index (χ1n) is 55.7. The SMILES string of the molecule is C=C(C)C(=O)CCCCCCCCCCOc1ccc(-c2nnc(-c3ccc(-c4ccc5c(c4)C4(c6cc(-c7nnc(-c8ccc(-c9nnc(-c%10ccc%11c(c%10)C%10(c%12cc(-c%13ccc(-c%14nnc(-c%15ccc(CC(=O)C(=C)C)cc%15)n%14-c%14ccccc%14)cc%13)ccc%12-%11)C%11(CCC)CCCC%10(CCC)CCC%11)n9-c9ccccc9)cc8)n7-c7ccccc7)ccc6-5)C5(CCC)CCCC4(CCC)CCC5)cc3)n2-c2ccccc2)cc1. The van der Waals surface area contributed by atoms with E-state index in [0.717, 1.165) is 208 Å². The van der Waals surface area contributed by atoms with Crippen molar-refractivity contribution in [1.29, 1.82) is 0 Å². The van der Waals surface area contributed by atoms with Crippen molar-refractivity contribution >= 4 is 11.6 Å². The summed E-state index contributed by atoms with van der Waals surface area (Å²) in [4.78, 5) is 24.7. The summed E-state index contributed by atoms with van der Waals surface area (Å²) in [7, 11) is 0. The normalized spacial score (nSPS) is 19.6. The molecule has 0 aliphatic heterocycles. The average molecular weight is 1970 g/mol. The van der Waals surface area contributed by atoms with Crippen LogP contribution in [0.2, 0.25) is 0 Å². The summed E-state index contributed by atoms with van der Waals surface area (Å²) in [6.07, 6.45) is 33.6. The topological polar surface area (TPSA) is 166 Å². The lowest BCUT2D eigenvalue weighted by Crippen LogP contribution is -2.62. The minimum Gasteiger partial charge on any atom is -0.494 e. The maximum absolute atomic E-state index is 12.7. The number of para-hydroxylation sites is 4. The summed E-state index contributed by atoms with van der Waals surface area (Å²) >= 11 is 0. The van der Waals surface area contributed by atoms with Gasteiger partial charge in [0.15, 0.2) is 58.2 Å². The second-order valence-corrected chi connectivity index (χ2v) is 44.1. The summed E-state index contributed by atoms with van der Waals surface area (Å²) in [6.45, 7) is 21.7. The second kappa shape index (κ2) is 41.5. The molecule has 0 unspecified atom stereocenters. The number of rotatable bonds is 38. The molecule has 17 aromatic rings. The Morgan fingerprint density at radius 2 is 0.513 bits per heavy atom. The third-order valence-corrected chi connectivity index (χ3v) is 35.4. The van der Waals surface area contributed by atoms with Gasteiger partial charge in [-0.1, -0.05) is 349 Å². The van der Waals surface area contributed by atoms with Crippen molar-refractivity contribution in [3.63, 3.8) is 0 Å². The molecule has 0 N–H and O–H groups in total. The molecular formula is C135H136N12O3. The summed E-state index contributed by atoms with van der Waals surface area (Å²) < 4.78 is 15.3. The van der Waals surface area contributed by atoms with Crippen LogP contribution < -0.4 is 4.74 Å². The molecule has 6 aliphatic carbocycles. The number of nitrogens with zero attached hydrogens (tertiary/aromatic N) is 12. The minimum absolute atomic E-state index is 0.0290. The molecule has 15 nitrogen and oxygen atoms in total. The lowest BCUT2D eigenvalue weighted by atomic mass is 9.36. The van der Waals surface area contributed by atoms with Crippen molar-refractivity contribution in [1.82, 2.24) is 59.1 Å². The predicted octanol–water partition coefficient (Wildman–Crippen LogP) is 33.8. The van der Waals surface area contributed by atoms with Gasteiger partial charge in [-0.15, -0.1) is 40.8 Å². The van der Waals surface area contributed by atoms with Crippen molar-refractivity contribution in [3.8, 4) is 164 Å². The first-order chi connectivity index (χ1) is 73.6. The number of carbonyl (C=O) groups excluding carboxylic acids is 2. The number of hydrogen-bond acceptors (Lipinski definition) is 11. The molecule has 15 heteroatoms. The minimum atomic E-state index is -0.272. The highest BCUT2D eigenvalue weighted by Crippen LogP contribution is 2.79. The van der Waals surface area contributed by atoms with Crippen LogP contribution >= 0.6 is 0 Å². The van der Waals surface area contributed by atoms with Gasteiger partial charge in [0.25, 0.3) is 0 Å². The number of hydrogen-bond donors (Lipinski definition) is 0. The lowest BCUT2D eigenvalue weighted by Gasteiger charge is -2.67. The molecule has 2 spiro atoms. The molecule has 6 aliphatic rings. The van der Waals surface area contributed by atoms with E-state index in [-0.39, 0.29) is 44.1 Å². The van der Waals surface area contributed by atoms with Crippen LogP contribution in [0.3, 0.4) is 0 Å². The predicted molar refractivity (Wildman–Crippen MR) is 608 cm³/mol. The summed E-state index contributed by atoms with van der Waals surface area (Å²) in [5.41, 5.74) is 29.7. The van der Waals surface area contributed by atoms with Crippen LogP contribution in [-0.2, 0) is 26.8 Å². The monoisotopic (exact) mass is 1970 g/mol. The Hall–Kier alpha value is -15.0. The largest absolute Gasteiger partial charge is 0.494 e. The fourth-order valence-electron chi connectivity index (χ4n) is 29.4. The number of benzene rings is 13. The van der Waals surface area contributed by atoms with E-state index in [0.29, 0.717) is 30.6 Å². The van der Waals surface area contributed by atoms with E-state index in [1.165, 1.54) is 164 Å². The van der Waals surface area contributed by atoms with Crippen molar-refractivity contribution in [2.45, 2.75) is 245 Å². The molecule has 0 saturated heterocycles. The molecule has 13 aromatic carbocycles. The van der Waals surface area contributed by atoms with Gasteiger partial charge in [0.05, 0.1) is 6.61 Å². The number of carbonyl (C=O) groups is 2. The maximum atomic E-state index is 12.7. The van der Waals surface area contributed by atoms with Gasteiger partial charge >= 0.3 is 0 Å². The van der Waals surface area contributed by atoms with Crippen molar-refractivity contribution in [3.05, 3.63) is 368 Å². The fraction of sp³-hybridized carbons (Fsp3) is 0.319. The van der Waals surface area contributed by atoms with Crippen molar-refractivity contribution < 1.29 is 14.3 Å². The highest BCUT2D eigenvalue weighted by molar-refractivity contribution is 5.96. The average Bonchev–Trinajstić information content (AvgIpc) is 1.47. The molecule has 150 heavy (non-hydrogen) atoms. The Morgan fingerprint density at radius 1 is 0.273 bits per heavy atom. The van der Waals surface area contributed by atoms with E-state index in [4.69, 9.17) is 45.5 Å². The summed E-state index contributed by atoms with van der Waals surface area (Å²) in [6, 6.07) is 116. The Bertz CT molecular complexity index is 7640. The number of aromatic nitrogens is 12. The van der Waals surface area contributed by atoms with E-state index >= 15 is 0 Å². The van der Waals surface area contributed by atoms with Crippen LogP contribution in [0.25, 0.3) is 158 Å². The molecule has 4 heterocycles. The van der Waals surface area contributed by atoms with Gasteiger partial charge in [-0.05, 0) is 306 Å². The third kappa shape index (κ3) is 17.0. The first kappa shape index (κ1) is 98.4. The lowest BCUT2D eigenvalue weighted by molar-refractivity contribution is -0.116. The highest BCUT2D eigenvalue weighted by atomic mass is 16.5. The number of fused-ring (bicyclic) bond motifs is 6. The third-order valence-electron chi connectivity index (χ3n) is 35.4. The molecule has 4 bridgehead atoms. The molecule has 4 saturated carbocycles. The van der Waals surface area contributed by atoms with Gasteiger partial charge in [0, 0.05) is 90.9 Å². The van der Waals surface area contributed by atoms with Crippen LogP contribution in [0, 0.1) is 21.7 Å². The molecule has 0 radical (unpaired) electrons. The van der Waals surface area contributed by atoms with Gasteiger partial charge < -0.3 is 4.74 Å². The number of ketones is 2. The maximum Gasteiger partial charge on any atom is 0.168 e. The Kier molecular flexibility index (Phi) is 27.2. The van der Waals surface area contributed by atoms with E-state index in [2.05, 4.69) is 344 Å². The van der Waals surface area contributed by atoms with Crippen LogP contribution in [-0.4, -0.2) is 77.2 Å². The zero-order valence-electron chi connectivity index (χ0n) is 87.9. The van der Waals surface area contributed by atoms with Crippen LogP contribution in [0.15, 0.2) is 340 Å².